The number of carbonyl (C=O) groups is 2. The lowest BCUT2D eigenvalue weighted by Crippen LogP contribution is -2.49. The SMILES string of the molecule is C[C@]12O[C@](C)(C[C@@H]1O)[C@H]1C(=O)N(c3ccc(C#N)c(Cl)c3Cl)C(=O)[C@H]12. The predicted molar refractivity (Wildman–Crippen MR) is 89.2 cm³/mol. The molecule has 0 spiro atoms. The summed E-state index contributed by atoms with van der Waals surface area (Å²) in [7, 11) is 0. The summed E-state index contributed by atoms with van der Waals surface area (Å²) in [4.78, 5) is 27.1. The Hall–Kier alpha value is -1.65. The number of amides is 2. The van der Waals surface area contributed by atoms with Gasteiger partial charge < -0.3 is 9.84 Å². The molecule has 8 heteroatoms. The van der Waals surface area contributed by atoms with E-state index in [-0.39, 0.29) is 21.3 Å². The Bertz CT molecular complexity index is 882. The second-order valence-corrected chi connectivity index (χ2v) is 7.91. The molecule has 2 bridgehead atoms. The zero-order chi connectivity index (χ0) is 18.3. The quantitative estimate of drug-likeness (QED) is 0.754. The first kappa shape index (κ1) is 16.8. The highest BCUT2D eigenvalue weighted by molar-refractivity contribution is 6.45. The van der Waals surface area contributed by atoms with Gasteiger partial charge in [-0.15, -0.1) is 0 Å². The number of halogens is 2. The zero-order valence-electron chi connectivity index (χ0n) is 13.4. The Morgan fingerprint density at radius 2 is 1.88 bits per heavy atom. The Morgan fingerprint density at radius 1 is 1.24 bits per heavy atom. The molecular formula is C17H14Cl2N2O4. The maximum Gasteiger partial charge on any atom is 0.240 e. The van der Waals surface area contributed by atoms with Crippen molar-refractivity contribution in [1.29, 1.82) is 5.26 Å². The molecule has 3 aliphatic rings. The summed E-state index contributed by atoms with van der Waals surface area (Å²) in [6.45, 7) is 3.41. The maximum absolute atomic E-state index is 13.0. The largest absolute Gasteiger partial charge is 0.390 e. The number of hydrogen-bond acceptors (Lipinski definition) is 5. The van der Waals surface area contributed by atoms with E-state index in [9.17, 15) is 14.7 Å². The molecule has 3 heterocycles. The number of anilines is 1. The summed E-state index contributed by atoms with van der Waals surface area (Å²) in [6, 6.07) is 4.76. The molecular weight excluding hydrogens is 367 g/mol. The molecule has 3 aliphatic heterocycles. The van der Waals surface area contributed by atoms with Gasteiger partial charge in [-0.25, -0.2) is 4.90 Å². The molecule has 0 aliphatic carbocycles. The molecule has 1 aromatic carbocycles. The summed E-state index contributed by atoms with van der Waals surface area (Å²) in [5.74, 6) is -2.35. The van der Waals surface area contributed by atoms with Gasteiger partial charge in [0, 0.05) is 6.42 Å². The van der Waals surface area contributed by atoms with Gasteiger partial charge in [0.1, 0.15) is 11.7 Å². The van der Waals surface area contributed by atoms with Crippen LogP contribution in [0.25, 0.3) is 0 Å². The van der Waals surface area contributed by atoms with Crippen LogP contribution < -0.4 is 4.90 Å². The maximum atomic E-state index is 13.0. The van der Waals surface area contributed by atoms with Gasteiger partial charge in [0.25, 0.3) is 0 Å². The third-order valence-electron chi connectivity index (χ3n) is 5.72. The van der Waals surface area contributed by atoms with Crippen molar-refractivity contribution in [1.82, 2.24) is 0 Å². The van der Waals surface area contributed by atoms with Gasteiger partial charge in [0.2, 0.25) is 11.8 Å². The summed E-state index contributed by atoms with van der Waals surface area (Å²) >= 11 is 12.3. The van der Waals surface area contributed by atoms with Crippen LogP contribution >= 0.6 is 23.2 Å². The highest BCUT2D eigenvalue weighted by atomic mass is 35.5. The van der Waals surface area contributed by atoms with Gasteiger partial charge in [-0.1, -0.05) is 23.2 Å². The molecule has 3 saturated heterocycles. The topological polar surface area (TPSA) is 90.6 Å². The first-order valence-electron chi connectivity index (χ1n) is 7.80. The van der Waals surface area contributed by atoms with E-state index in [4.69, 9.17) is 33.2 Å². The number of aliphatic hydroxyl groups excluding tert-OH is 1. The first-order chi connectivity index (χ1) is 11.7. The van der Waals surface area contributed by atoms with Crippen LogP contribution in [0.3, 0.4) is 0 Å². The number of nitriles is 1. The Morgan fingerprint density at radius 3 is 2.52 bits per heavy atom. The van der Waals surface area contributed by atoms with Crippen molar-refractivity contribution in [2.75, 3.05) is 4.90 Å². The predicted octanol–water partition coefficient (Wildman–Crippen LogP) is 2.28. The number of hydrogen-bond donors (Lipinski definition) is 1. The second kappa shape index (κ2) is 4.95. The van der Waals surface area contributed by atoms with E-state index in [2.05, 4.69) is 0 Å². The first-order valence-corrected chi connectivity index (χ1v) is 8.55. The van der Waals surface area contributed by atoms with Crippen molar-refractivity contribution in [2.24, 2.45) is 11.8 Å². The molecule has 0 radical (unpaired) electrons. The Balaban J connectivity index is 1.84. The van der Waals surface area contributed by atoms with Crippen molar-refractivity contribution in [2.45, 2.75) is 37.6 Å². The summed E-state index contributed by atoms with van der Waals surface area (Å²) in [5, 5.41) is 19.3. The fraction of sp³-hybridized carbons (Fsp3) is 0.471. The van der Waals surface area contributed by atoms with E-state index >= 15 is 0 Å². The van der Waals surface area contributed by atoms with E-state index in [0.29, 0.717) is 6.42 Å². The summed E-state index contributed by atoms with van der Waals surface area (Å²) in [6.07, 6.45) is -0.533. The molecule has 2 amide bonds. The number of fused-ring (bicyclic) bond motifs is 5. The number of imide groups is 1. The smallest absolute Gasteiger partial charge is 0.240 e. The number of rotatable bonds is 1. The van der Waals surface area contributed by atoms with Crippen LogP contribution in [-0.2, 0) is 14.3 Å². The number of benzene rings is 1. The summed E-state index contributed by atoms with van der Waals surface area (Å²) < 4.78 is 5.92. The van der Waals surface area contributed by atoms with E-state index in [1.165, 1.54) is 12.1 Å². The van der Waals surface area contributed by atoms with Crippen LogP contribution in [0.5, 0.6) is 0 Å². The van der Waals surface area contributed by atoms with Crippen molar-refractivity contribution in [3.63, 3.8) is 0 Å². The summed E-state index contributed by atoms with van der Waals surface area (Å²) in [5.41, 5.74) is -1.70. The lowest BCUT2D eigenvalue weighted by atomic mass is 9.67. The monoisotopic (exact) mass is 380 g/mol. The molecule has 4 rings (SSSR count). The molecule has 1 aromatic rings. The van der Waals surface area contributed by atoms with Crippen molar-refractivity contribution < 1.29 is 19.4 Å². The Labute approximate surface area is 153 Å². The van der Waals surface area contributed by atoms with Gasteiger partial charge in [0.05, 0.1) is 44.8 Å². The van der Waals surface area contributed by atoms with Gasteiger partial charge in [-0.2, -0.15) is 5.26 Å². The van der Waals surface area contributed by atoms with Gasteiger partial charge in [0.15, 0.2) is 0 Å². The molecule has 0 aromatic heterocycles. The fourth-order valence-electron chi connectivity index (χ4n) is 4.56. The van der Waals surface area contributed by atoms with Gasteiger partial charge in [-0.05, 0) is 26.0 Å². The second-order valence-electron chi connectivity index (χ2n) is 7.16. The molecule has 25 heavy (non-hydrogen) atoms. The number of aliphatic hydroxyl groups is 1. The van der Waals surface area contributed by atoms with E-state index in [1.807, 2.05) is 6.07 Å². The number of carbonyl (C=O) groups excluding carboxylic acids is 2. The molecule has 6 nitrogen and oxygen atoms in total. The van der Waals surface area contributed by atoms with Gasteiger partial charge in [-0.3, -0.25) is 9.59 Å². The van der Waals surface area contributed by atoms with Gasteiger partial charge >= 0.3 is 0 Å². The average molecular weight is 381 g/mol. The molecule has 5 atom stereocenters. The lowest BCUT2D eigenvalue weighted by Gasteiger charge is -2.31. The minimum Gasteiger partial charge on any atom is -0.390 e. The highest BCUT2D eigenvalue weighted by Crippen LogP contribution is 2.61. The molecule has 1 N–H and O–H groups in total. The third-order valence-corrected chi connectivity index (χ3v) is 6.59. The third kappa shape index (κ3) is 1.87. The molecule has 0 saturated carbocycles. The highest BCUT2D eigenvalue weighted by Gasteiger charge is 2.75. The Kier molecular flexibility index (Phi) is 3.33. The van der Waals surface area contributed by atoms with Crippen LogP contribution in [-0.4, -0.2) is 34.2 Å². The molecule has 3 fully saturated rings. The molecule has 130 valence electrons. The van der Waals surface area contributed by atoms with Crippen LogP contribution in [0.15, 0.2) is 12.1 Å². The molecule has 0 unspecified atom stereocenters. The van der Waals surface area contributed by atoms with Crippen LogP contribution in [0.1, 0.15) is 25.8 Å². The van der Waals surface area contributed by atoms with E-state index in [1.54, 1.807) is 13.8 Å². The lowest BCUT2D eigenvalue weighted by molar-refractivity contribution is -0.132. The number of nitrogens with zero attached hydrogens (tertiary/aromatic N) is 2. The normalized spacial score (nSPS) is 39.0. The van der Waals surface area contributed by atoms with E-state index < -0.39 is 41.0 Å². The van der Waals surface area contributed by atoms with Crippen molar-refractivity contribution in [3.05, 3.63) is 27.7 Å². The van der Waals surface area contributed by atoms with E-state index in [0.717, 1.165) is 4.90 Å². The van der Waals surface area contributed by atoms with Crippen LogP contribution in [0.2, 0.25) is 10.0 Å². The minimum atomic E-state index is -1.11. The fourth-order valence-corrected chi connectivity index (χ4v) is 5.01. The standard InChI is InChI=1S/C17H14Cl2N2O4/c1-16-5-9(22)17(2,25-16)11-10(16)14(23)21(15(11)24)8-4-3-7(6-20)12(18)13(8)19/h3-4,9-11,22H,5H2,1-2H3/t9-,10+,11-,16+,17-/m0/s1. The van der Waals surface area contributed by atoms with Crippen molar-refractivity contribution >= 4 is 40.7 Å². The van der Waals surface area contributed by atoms with Crippen LogP contribution in [0.4, 0.5) is 5.69 Å². The van der Waals surface area contributed by atoms with Crippen LogP contribution in [0, 0.1) is 23.2 Å². The average Bonchev–Trinajstić information content (AvgIpc) is 3.05. The van der Waals surface area contributed by atoms with Crippen molar-refractivity contribution in [3.8, 4) is 6.07 Å². The number of ether oxygens (including phenoxy) is 1. The zero-order valence-corrected chi connectivity index (χ0v) is 14.9. The minimum absolute atomic E-state index is 0.00370.